The summed E-state index contributed by atoms with van der Waals surface area (Å²) >= 11 is 0. The van der Waals surface area contributed by atoms with E-state index in [-0.39, 0.29) is 24.6 Å². The van der Waals surface area contributed by atoms with Crippen LogP contribution in [0.15, 0.2) is 65.5 Å². The van der Waals surface area contributed by atoms with Crippen molar-refractivity contribution in [3.63, 3.8) is 0 Å². The fourth-order valence-electron chi connectivity index (χ4n) is 2.71. The van der Waals surface area contributed by atoms with E-state index in [2.05, 4.69) is 10.4 Å². The van der Waals surface area contributed by atoms with Crippen molar-refractivity contribution in [3.8, 4) is 22.8 Å². The number of amides is 1. The van der Waals surface area contributed by atoms with Crippen molar-refractivity contribution in [1.82, 2.24) is 15.1 Å². The number of aromatic nitrogens is 2. The predicted octanol–water partition coefficient (Wildman–Crippen LogP) is 2.24. The number of carbonyl (C=O) groups excluding carboxylic acids is 1. The molecule has 0 saturated heterocycles. The molecule has 0 saturated carbocycles. The summed E-state index contributed by atoms with van der Waals surface area (Å²) in [5.74, 6) is 0.958. The van der Waals surface area contributed by atoms with Gasteiger partial charge < -0.3 is 14.8 Å². The van der Waals surface area contributed by atoms with E-state index in [9.17, 15) is 9.59 Å². The maximum Gasteiger partial charge on any atom is 0.267 e. The molecule has 0 fully saturated rings. The molecule has 0 aliphatic heterocycles. The van der Waals surface area contributed by atoms with Crippen LogP contribution in [0.4, 0.5) is 0 Å². The van der Waals surface area contributed by atoms with Gasteiger partial charge in [-0.05, 0) is 18.2 Å². The number of rotatable bonds is 7. The maximum atomic E-state index is 12.3. The third kappa shape index (κ3) is 4.56. The second kappa shape index (κ2) is 8.85. The molecule has 7 heteroatoms. The highest BCUT2D eigenvalue weighted by molar-refractivity contribution is 5.75. The van der Waals surface area contributed by atoms with Crippen LogP contribution in [0.2, 0.25) is 0 Å². The molecule has 0 atom stereocenters. The first-order valence-electron chi connectivity index (χ1n) is 8.72. The smallest absolute Gasteiger partial charge is 0.267 e. The number of ether oxygens (including phenoxy) is 2. The number of hydrogen-bond donors (Lipinski definition) is 1. The van der Waals surface area contributed by atoms with E-state index < -0.39 is 0 Å². The lowest BCUT2D eigenvalue weighted by atomic mass is 10.1. The Morgan fingerprint density at radius 1 is 1.04 bits per heavy atom. The van der Waals surface area contributed by atoms with E-state index in [0.717, 1.165) is 15.8 Å². The van der Waals surface area contributed by atoms with E-state index in [4.69, 9.17) is 9.47 Å². The van der Waals surface area contributed by atoms with Gasteiger partial charge in [-0.1, -0.05) is 30.3 Å². The molecule has 0 aliphatic rings. The second-order valence-electron chi connectivity index (χ2n) is 6.03. The molecule has 3 aromatic rings. The zero-order valence-electron chi connectivity index (χ0n) is 15.7. The van der Waals surface area contributed by atoms with Gasteiger partial charge in [0, 0.05) is 29.8 Å². The molecule has 1 N–H and O–H groups in total. The number of methoxy groups -OCH3 is 2. The van der Waals surface area contributed by atoms with Gasteiger partial charge in [-0.25, -0.2) is 4.68 Å². The molecule has 2 aromatic carbocycles. The number of carbonyl (C=O) groups is 1. The van der Waals surface area contributed by atoms with Crippen LogP contribution in [-0.2, 0) is 17.9 Å². The highest BCUT2D eigenvalue weighted by Crippen LogP contribution is 2.24. The van der Waals surface area contributed by atoms with E-state index in [1.165, 1.54) is 6.07 Å². The Morgan fingerprint density at radius 2 is 1.82 bits per heavy atom. The molecule has 7 nitrogen and oxygen atoms in total. The van der Waals surface area contributed by atoms with Crippen molar-refractivity contribution in [1.29, 1.82) is 0 Å². The van der Waals surface area contributed by atoms with Crippen LogP contribution in [-0.4, -0.2) is 29.9 Å². The van der Waals surface area contributed by atoms with Gasteiger partial charge >= 0.3 is 0 Å². The third-order valence-corrected chi connectivity index (χ3v) is 4.20. The summed E-state index contributed by atoms with van der Waals surface area (Å²) in [5, 5.41) is 7.08. The van der Waals surface area contributed by atoms with Gasteiger partial charge in [-0.2, -0.15) is 5.10 Å². The maximum absolute atomic E-state index is 12.3. The van der Waals surface area contributed by atoms with Gasteiger partial charge in [0.2, 0.25) is 5.91 Å². The summed E-state index contributed by atoms with van der Waals surface area (Å²) in [6.07, 6.45) is 0. The van der Waals surface area contributed by atoms with E-state index >= 15 is 0 Å². The number of nitrogens with one attached hydrogen (secondary N) is 1. The SMILES string of the molecule is COc1ccc(CNC(=O)Cn2nc(-c3ccccc3)ccc2=O)c(OC)c1. The molecule has 3 rings (SSSR count). The minimum Gasteiger partial charge on any atom is -0.497 e. The van der Waals surface area contributed by atoms with Crippen molar-refractivity contribution in [2.45, 2.75) is 13.1 Å². The molecule has 0 aliphatic carbocycles. The molecule has 0 bridgehead atoms. The van der Waals surface area contributed by atoms with Crippen molar-refractivity contribution in [2.75, 3.05) is 14.2 Å². The van der Waals surface area contributed by atoms with Crippen LogP contribution in [0, 0.1) is 0 Å². The van der Waals surface area contributed by atoms with E-state index in [0.29, 0.717) is 17.2 Å². The minimum atomic E-state index is -0.336. The predicted molar refractivity (Wildman–Crippen MR) is 105 cm³/mol. The first-order chi connectivity index (χ1) is 13.6. The molecular formula is C21H21N3O4. The lowest BCUT2D eigenvalue weighted by Gasteiger charge is -2.12. The second-order valence-corrected chi connectivity index (χ2v) is 6.03. The largest absolute Gasteiger partial charge is 0.497 e. The highest BCUT2D eigenvalue weighted by atomic mass is 16.5. The highest BCUT2D eigenvalue weighted by Gasteiger charge is 2.10. The Balaban J connectivity index is 1.69. The monoisotopic (exact) mass is 379 g/mol. The number of hydrogen-bond acceptors (Lipinski definition) is 5. The van der Waals surface area contributed by atoms with Crippen LogP contribution in [0.25, 0.3) is 11.3 Å². The van der Waals surface area contributed by atoms with Crippen molar-refractivity contribution in [2.24, 2.45) is 0 Å². The summed E-state index contributed by atoms with van der Waals surface area (Å²) in [5.41, 5.74) is 1.97. The van der Waals surface area contributed by atoms with Crippen LogP contribution in [0.3, 0.4) is 0 Å². The van der Waals surface area contributed by atoms with Crippen LogP contribution in [0.1, 0.15) is 5.56 Å². The first kappa shape index (κ1) is 19.2. The van der Waals surface area contributed by atoms with E-state index in [1.54, 1.807) is 32.4 Å². The molecule has 1 amide bonds. The Bertz CT molecular complexity index is 1020. The van der Waals surface area contributed by atoms with E-state index in [1.807, 2.05) is 36.4 Å². The summed E-state index contributed by atoms with van der Waals surface area (Å²) in [6, 6.07) is 17.9. The quantitative estimate of drug-likeness (QED) is 0.681. The molecule has 0 spiro atoms. The molecule has 144 valence electrons. The molecule has 1 heterocycles. The first-order valence-corrected chi connectivity index (χ1v) is 8.72. The average molecular weight is 379 g/mol. The summed E-state index contributed by atoms with van der Waals surface area (Å²) in [6.45, 7) is 0.0943. The van der Waals surface area contributed by atoms with Gasteiger partial charge in [0.15, 0.2) is 0 Å². The lowest BCUT2D eigenvalue weighted by Crippen LogP contribution is -2.33. The van der Waals surface area contributed by atoms with Crippen molar-refractivity contribution < 1.29 is 14.3 Å². The van der Waals surface area contributed by atoms with Crippen molar-refractivity contribution in [3.05, 3.63) is 76.6 Å². The van der Waals surface area contributed by atoms with Crippen LogP contribution >= 0.6 is 0 Å². The molecule has 0 unspecified atom stereocenters. The summed E-state index contributed by atoms with van der Waals surface area (Å²) in [4.78, 5) is 24.4. The van der Waals surface area contributed by atoms with Crippen LogP contribution in [0.5, 0.6) is 11.5 Å². The molecule has 0 radical (unpaired) electrons. The standard InChI is InChI=1S/C21H21N3O4/c1-27-17-9-8-16(19(12-17)28-2)13-22-20(25)14-24-21(26)11-10-18(23-24)15-6-4-3-5-7-15/h3-12H,13-14H2,1-2H3,(H,22,25). The van der Waals surface area contributed by atoms with Gasteiger partial charge in [-0.15, -0.1) is 0 Å². The Morgan fingerprint density at radius 3 is 2.54 bits per heavy atom. The average Bonchev–Trinajstić information content (AvgIpc) is 2.74. The molecular weight excluding hydrogens is 358 g/mol. The Hall–Kier alpha value is -3.61. The third-order valence-electron chi connectivity index (χ3n) is 4.20. The number of nitrogens with zero attached hydrogens (tertiary/aromatic N) is 2. The summed E-state index contributed by atoms with van der Waals surface area (Å²) < 4.78 is 11.6. The van der Waals surface area contributed by atoms with Gasteiger partial charge in [-0.3, -0.25) is 9.59 Å². The normalized spacial score (nSPS) is 10.4. The van der Waals surface area contributed by atoms with Crippen LogP contribution < -0.4 is 20.3 Å². The fourth-order valence-corrected chi connectivity index (χ4v) is 2.71. The molecule has 28 heavy (non-hydrogen) atoms. The topological polar surface area (TPSA) is 82.5 Å². The minimum absolute atomic E-state index is 0.169. The summed E-state index contributed by atoms with van der Waals surface area (Å²) in [7, 11) is 3.13. The van der Waals surface area contributed by atoms with Gasteiger partial charge in [0.05, 0.1) is 19.9 Å². The van der Waals surface area contributed by atoms with Gasteiger partial charge in [0.25, 0.3) is 5.56 Å². The number of benzene rings is 2. The fraction of sp³-hybridized carbons (Fsp3) is 0.190. The Labute approximate surface area is 162 Å². The zero-order valence-corrected chi connectivity index (χ0v) is 15.7. The Kier molecular flexibility index (Phi) is 6.06. The lowest BCUT2D eigenvalue weighted by molar-refractivity contribution is -0.122. The zero-order chi connectivity index (χ0) is 19.9. The van der Waals surface area contributed by atoms with Gasteiger partial charge in [0.1, 0.15) is 18.0 Å². The van der Waals surface area contributed by atoms with Crippen molar-refractivity contribution >= 4 is 5.91 Å². The molecule has 1 aromatic heterocycles.